The van der Waals surface area contributed by atoms with Gasteiger partial charge in [0.05, 0.1) is 19.8 Å². The van der Waals surface area contributed by atoms with Crippen LogP contribution in [0.3, 0.4) is 0 Å². The van der Waals surface area contributed by atoms with E-state index in [-0.39, 0.29) is 11.4 Å². The third kappa shape index (κ3) is 19.9. The fourth-order valence-corrected chi connectivity index (χ4v) is 3.94. The molecule has 0 unspecified atom stereocenters. The van der Waals surface area contributed by atoms with Gasteiger partial charge in [-0.3, -0.25) is 0 Å². The van der Waals surface area contributed by atoms with Crippen molar-refractivity contribution in [2.75, 3.05) is 52.0 Å². The molecule has 8 heteroatoms. The molecule has 0 radical (unpaired) electrons. The van der Waals surface area contributed by atoms with Crippen molar-refractivity contribution in [1.29, 1.82) is 0 Å². The van der Waals surface area contributed by atoms with Crippen LogP contribution >= 0.6 is 21.6 Å². The molecular formula is C19H36N2O4S2. The van der Waals surface area contributed by atoms with E-state index < -0.39 is 6.09 Å². The van der Waals surface area contributed by atoms with E-state index in [1.165, 1.54) is 0 Å². The molecule has 0 aromatic heterocycles. The fourth-order valence-electron chi connectivity index (χ4n) is 1.74. The molecule has 0 aromatic carbocycles. The molecule has 6 nitrogen and oxygen atoms in total. The van der Waals surface area contributed by atoms with Crippen LogP contribution in [-0.2, 0) is 14.2 Å². The minimum absolute atomic E-state index is 0.155. The van der Waals surface area contributed by atoms with E-state index in [1.807, 2.05) is 19.1 Å². The molecule has 0 heterocycles. The van der Waals surface area contributed by atoms with Gasteiger partial charge >= 0.3 is 6.09 Å². The SMILES string of the molecule is C=C(C)/C=C/COCCNC(=O)OCCOCSSC(C)(C)CNCCC. The number of hydrogen-bond donors (Lipinski definition) is 2. The summed E-state index contributed by atoms with van der Waals surface area (Å²) in [6.07, 6.45) is 4.47. The van der Waals surface area contributed by atoms with Crippen molar-refractivity contribution in [2.24, 2.45) is 0 Å². The summed E-state index contributed by atoms with van der Waals surface area (Å²) in [5, 5.41) is 6.06. The van der Waals surface area contributed by atoms with Crippen LogP contribution in [0.5, 0.6) is 0 Å². The lowest BCUT2D eigenvalue weighted by Gasteiger charge is -2.23. The van der Waals surface area contributed by atoms with E-state index in [0.29, 0.717) is 32.3 Å². The Kier molecular flexibility index (Phi) is 17.0. The molecule has 1 amide bonds. The van der Waals surface area contributed by atoms with Gasteiger partial charge in [0.25, 0.3) is 0 Å². The highest BCUT2D eigenvalue weighted by Crippen LogP contribution is 2.34. The average Bonchev–Trinajstić information content (AvgIpc) is 2.60. The normalized spacial score (nSPS) is 11.7. The first kappa shape index (κ1) is 26.3. The topological polar surface area (TPSA) is 68.8 Å². The van der Waals surface area contributed by atoms with Crippen molar-refractivity contribution in [1.82, 2.24) is 10.6 Å². The third-order valence-electron chi connectivity index (χ3n) is 2.99. The molecule has 0 aromatic rings. The molecule has 0 aliphatic heterocycles. The summed E-state index contributed by atoms with van der Waals surface area (Å²) in [4.78, 5) is 11.5. The van der Waals surface area contributed by atoms with E-state index in [0.717, 1.165) is 25.1 Å². The Morgan fingerprint density at radius 1 is 1.19 bits per heavy atom. The van der Waals surface area contributed by atoms with Crippen LogP contribution in [0.25, 0.3) is 0 Å². The molecule has 0 aliphatic rings. The Bertz CT molecular complexity index is 432. The largest absolute Gasteiger partial charge is 0.447 e. The first-order chi connectivity index (χ1) is 12.9. The summed E-state index contributed by atoms with van der Waals surface area (Å²) < 4.78 is 16.0. The predicted octanol–water partition coefficient (Wildman–Crippen LogP) is 4.00. The Hall–Kier alpha value is -0.670. The zero-order chi connectivity index (χ0) is 20.4. The Labute approximate surface area is 172 Å². The van der Waals surface area contributed by atoms with Crippen LogP contribution in [0.1, 0.15) is 34.1 Å². The molecule has 158 valence electrons. The maximum Gasteiger partial charge on any atom is 0.407 e. The number of alkyl carbamates (subject to hydrolysis) is 1. The van der Waals surface area contributed by atoms with Gasteiger partial charge in [-0.2, -0.15) is 0 Å². The van der Waals surface area contributed by atoms with E-state index in [1.54, 1.807) is 21.6 Å². The number of carbonyl (C=O) groups is 1. The number of allylic oxidation sites excluding steroid dienone is 2. The average molecular weight is 421 g/mol. The van der Waals surface area contributed by atoms with Crippen LogP contribution in [0, 0.1) is 0 Å². The second-order valence-electron chi connectivity index (χ2n) is 6.55. The second kappa shape index (κ2) is 17.4. The van der Waals surface area contributed by atoms with E-state index >= 15 is 0 Å². The Balaban J connectivity index is 3.44. The highest BCUT2D eigenvalue weighted by Gasteiger charge is 2.18. The van der Waals surface area contributed by atoms with Gasteiger partial charge in [-0.1, -0.05) is 52.8 Å². The van der Waals surface area contributed by atoms with Crippen molar-refractivity contribution in [3.8, 4) is 0 Å². The summed E-state index contributed by atoms with van der Waals surface area (Å²) in [5.41, 5.74) is 0.979. The molecule has 2 N–H and O–H groups in total. The van der Waals surface area contributed by atoms with E-state index in [4.69, 9.17) is 14.2 Å². The van der Waals surface area contributed by atoms with Gasteiger partial charge in [0.2, 0.25) is 0 Å². The molecule has 0 atom stereocenters. The monoisotopic (exact) mass is 420 g/mol. The van der Waals surface area contributed by atoms with E-state index in [9.17, 15) is 4.79 Å². The van der Waals surface area contributed by atoms with Gasteiger partial charge in [-0.05, 0) is 33.7 Å². The summed E-state index contributed by atoms with van der Waals surface area (Å²) in [6.45, 7) is 16.2. The molecule has 0 saturated heterocycles. The van der Waals surface area contributed by atoms with Gasteiger partial charge in [0.15, 0.2) is 0 Å². The maximum absolute atomic E-state index is 11.5. The fraction of sp³-hybridized carbons (Fsp3) is 0.737. The second-order valence-corrected chi connectivity index (χ2v) is 9.50. The summed E-state index contributed by atoms with van der Waals surface area (Å²) in [6, 6.07) is 0. The quantitative estimate of drug-likeness (QED) is 0.160. The van der Waals surface area contributed by atoms with Crippen molar-refractivity contribution in [3.05, 3.63) is 24.3 Å². The van der Waals surface area contributed by atoms with Crippen molar-refractivity contribution < 1.29 is 19.0 Å². The number of ether oxygens (including phenoxy) is 3. The first-order valence-electron chi connectivity index (χ1n) is 9.27. The molecule has 0 fully saturated rings. The molecule has 0 spiro atoms. The Morgan fingerprint density at radius 3 is 2.67 bits per heavy atom. The number of rotatable bonds is 17. The number of nitrogens with one attached hydrogen (secondary N) is 2. The zero-order valence-electron chi connectivity index (χ0n) is 17.2. The van der Waals surface area contributed by atoms with Crippen molar-refractivity contribution in [3.63, 3.8) is 0 Å². The molecule has 0 aliphatic carbocycles. The van der Waals surface area contributed by atoms with Crippen molar-refractivity contribution in [2.45, 2.75) is 38.9 Å². The van der Waals surface area contributed by atoms with Crippen LogP contribution in [0.4, 0.5) is 4.79 Å². The lowest BCUT2D eigenvalue weighted by Crippen LogP contribution is -2.32. The molecule has 27 heavy (non-hydrogen) atoms. The number of hydrogen-bond acceptors (Lipinski definition) is 7. The van der Waals surface area contributed by atoms with Gasteiger partial charge in [-0.25, -0.2) is 4.79 Å². The van der Waals surface area contributed by atoms with Gasteiger partial charge in [0.1, 0.15) is 12.5 Å². The van der Waals surface area contributed by atoms with Gasteiger partial charge in [-0.15, -0.1) is 0 Å². The number of amides is 1. The maximum atomic E-state index is 11.5. The van der Waals surface area contributed by atoms with Crippen LogP contribution in [0.2, 0.25) is 0 Å². The van der Waals surface area contributed by atoms with E-state index in [2.05, 4.69) is 38.0 Å². The highest BCUT2D eigenvalue weighted by molar-refractivity contribution is 8.77. The molecule has 0 saturated carbocycles. The van der Waals surface area contributed by atoms with Crippen LogP contribution in [-0.4, -0.2) is 62.8 Å². The van der Waals surface area contributed by atoms with Crippen LogP contribution in [0.15, 0.2) is 24.3 Å². The lowest BCUT2D eigenvalue weighted by molar-refractivity contribution is 0.0906. The summed E-state index contributed by atoms with van der Waals surface area (Å²) in [7, 11) is 3.47. The van der Waals surface area contributed by atoms with Gasteiger partial charge < -0.3 is 24.8 Å². The standard InChI is InChI=1S/C19H36N2O4S2/c1-6-9-20-15-19(4,5)27-26-16-24-13-14-25-18(22)21-10-12-23-11-7-8-17(2)3/h7-8,20H,2,6,9-16H2,1,3-5H3,(H,21,22)/b8-7+. The smallest absolute Gasteiger partial charge is 0.407 e. The summed E-state index contributed by atoms with van der Waals surface area (Å²) in [5.74, 6) is 0.568. The van der Waals surface area contributed by atoms with Crippen LogP contribution < -0.4 is 10.6 Å². The van der Waals surface area contributed by atoms with Crippen molar-refractivity contribution >= 4 is 27.7 Å². The lowest BCUT2D eigenvalue weighted by atomic mass is 10.2. The summed E-state index contributed by atoms with van der Waals surface area (Å²) >= 11 is 0. The number of carbonyl (C=O) groups excluding carboxylic acids is 1. The molecule has 0 rings (SSSR count). The first-order valence-corrected chi connectivity index (χ1v) is 11.6. The third-order valence-corrected chi connectivity index (χ3v) is 5.96. The van der Waals surface area contributed by atoms with Gasteiger partial charge in [0, 0.05) is 17.8 Å². The minimum Gasteiger partial charge on any atom is -0.447 e. The predicted molar refractivity (Wildman–Crippen MR) is 117 cm³/mol. The molecular weight excluding hydrogens is 384 g/mol. The minimum atomic E-state index is -0.454. The molecule has 0 bridgehead atoms. The zero-order valence-corrected chi connectivity index (χ0v) is 18.8. The highest BCUT2D eigenvalue weighted by atomic mass is 33.1. The Morgan fingerprint density at radius 2 is 1.96 bits per heavy atom.